The number of rotatable bonds is 10. The highest BCUT2D eigenvalue weighted by molar-refractivity contribution is 5.99. The second kappa shape index (κ2) is 25.5. The van der Waals surface area contributed by atoms with Gasteiger partial charge < -0.3 is 44.4 Å². The number of ether oxygens (including phenoxy) is 1. The van der Waals surface area contributed by atoms with Crippen molar-refractivity contribution in [1.29, 1.82) is 5.26 Å². The largest absolute Gasteiger partial charge is 0.493 e. The number of alkyl halides is 2. The second-order valence-electron chi connectivity index (χ2n) is 26.4. The van der Waals surface area contributed by atoms with Crippen LogP contribution in [0.5, 0.6) is 5.75 Å². The molecule has 6 aliphatic heterocycles. The predicted octanol–water partition coefficient (Wildman–Crippen LogP) is 10.5. The molecular formula is C70H89F2N15O4. The van der Waals surface area contributed by atoms with Gasteiger partial charge >= 0.3 is 0 Å². The van der Waals surface area contributed by atoms with Gasteiger partial charge in [-0.2, -0.15) is 20.6 Å². The van der Waals surface area contributed by atoms with Crippen LogP contribution in [-0.4, -0.2) is 135 Å². The molecule has 482 valence electrons. The summed E-state index contributed by atoms with van der Waals surface area (Å²) in [5.41, 5.74) is 12.6. The molecule has 3 saturated heterocycles. The molecule has 0 atom stereocenters. The van der Waals surface area contributed by atoms with Gasteiger partial charge in [0.1, 0.15) is 5.75 Å². The van der Waals surface area contributed by atoms with Gasteiger partial charge in [0, 0.05) is 180 Å². The van der Waals surface area contributed by atoms with Crippen LogP contribution in [0.3, 0.4) is 0 Å². The van der Waals surface area contributed by atoms with E-state index in [1.807, 2.05) is 84.1 Å². The van der Waals surface area contributed by atoms with E-state index >= 15 is 0 Å². The summed E-state index contributed by atoms with van der Waals surface area (Å²) in [5, 5.41) is 31.7. The molecule has 2 N–H and O–H groups in total. The fourth-order valence-corrected chi connectivity index (χ4v) is 15.5. The smallest absolute Gasteiger partial charge is 0.264 e. The van der Waals surface area contributed by atoms with Gasteiger partial charge in [-0.3, -0.25) is 28.4 Å². The minimum atomic E-state index is -2.64. The summed E-state index contributed by atoms with van der Waals surface area (Å²) in [6.45, 7) is 21.3. The maximum atomic E-state index is 14.6. The third kappa shape index (κ3) is 11.8. The van der Waals surface area contributed by atoms with Crippen LogP contribution < -0.4 is 35.6 Å². The van der Waals surface area contributed by atoms with Gasteiger partial charge in [0.2, 0.25) is 11.8 Å². The average Bonchev–Trinajstić information content (AvgIpc) is 1.72. The van der Waals surface area contributed by atoms with Crippen LogP contribution in [0.1, 0.15) is 126 Å². The maximum Gasteiger partial charge on any atom is 0.264 e. The lowest BCUT2D eigenvalue weighted by molar-refractivity contribution is -0.168. The minimum absolute atomic E-state index is 0.00578. The van der Waals surface area contributed by atoms with Crippen molar-refractivity contribution in [3.05, 3.63) is 111 Å². The number of piperidine rings is 1. The number of aryl methyl sites for hydroxylation is 5. The second-order valence-corrected chi connectivity index (χ2v) is 26.4. The number of aromatic nitrogens is 7. The Morgan fingerprint density at radius 3 is 2.11 bits per heavy atom. The fourth-order valence-electron chi connectivity index (χ4n) is 15.5. The van der Waals surface area contributed by atoms with Gasteiger partial charge in [-0.15, -0.1) is 0 Å². The normalized spacial score (nSPS) is 19.5. The van der Waals surface area contributed by atoms with Crippen LogP contribution in [0, 0.1) is 40.9 Å². The lowest BCUT2D eigenvalue weighted by atomic mass is 9.56. The molecule has 2 amide bonds. The molecule has 7 aromatic rings. The van der Waals surface area contributed by atoms with Crippen molar-refractivity contribution in [2.45, 2.75) is 118 Å². The number of hydrogen-bond donors (Lipinski definition) is 2. The highest BCUT2D eigenvalue weighted by Crippen LogP contribution is 2.57. The Bertz CT molecular complexity index is 3970. The molecular weight excluding hydrogens is 1150 g/mol. The monoisotopic (exact) mass is 1240 g/mol. The molecule has 2 aliphatic carbocycles. The van der Waals surface area contributed by atoms with Crippen LogP contribution in [-0.2, 0) is 50.1 Å². The van der Waals surface area contributed by atoms with Crippen molar-refractivity contribution in [2.75, 3.05) is 93.8 Å². The third-order valence-electron chi connectivity index (χ3n) is 20.5. The SMILES string of the molecule is CC.CC.CC(=O)N1CCc2c(c(N3CCCc4cc(-c5cnn(C)c5)c(C(F)F)cc43)nn2C2CC3(C2)CN(C(=O)C2CC4(CNC4)C2)C3)C1.Cc1cc2c(N3CCN(C)c4cc(-c5cnn(C)c5)c(C#N)cc43)cc(OCC3CCNCC3)cc2n(C)c1=O. The summed E-state index contributed by atoms with van der Waals surface area (Å²) in [4.78, 5) is 49.1. The number of anilines is 5. The van der Waals surface area contributed by atoms with Gasteiger partial charge in [-0.25, -0.2) is 8.78 Å². The predicted molar refractivity (Wildman–Crippen MR) is 353 cm³/mol. The first-order valence-electron chi connectivity index (χ1n) is 33.1. The summed E-state index contributed by atoms with van der Waals surface area (Å²) in [7, 11) is 7.57. The van der Waals surface area contributed by atoms with E-state index < -0.39 is 6.43 Å². The third-order valence-corrected chi connectivity index (χ3v) is 20.5. The number of amides is 2. The van der Waals surface area contributed by atoms with Gasteiger partial charge in [0.05, 0.1) is 65.8 Å². The zero-order valence-corrected chi connectivity index (χ0v) is 54.7. The molecule has 0 unspecified atom stereocenters. The molecule has 4 aromatic heterocycles. The van der Waals surface area contributed by atoms with Gasteiger partial charge in [0.15, 0.2) is 5.82 Å². The number of carbonyl (C=O) groups is 2. The Labute approximate surface area is 532 Å². The number of carbonyl (C=O) groups excluding carboxylic acids is 2. The van der Waals surface area contributed by atoms with Crippen molar-refractivity contribution < 1.29 is 23.1 Å². The summed E-state index contributed by atoms with van der Waals surface area (Å²) in [6, 6.07) is 16.4. The molecule has 3 aromatic carbocycles. The molecule has 8 aliphatic rings. The Kier molecular flexibility index (Phi) is 17.7. The zero-order valence-electron chi connectivity index (χ0n) is 54.7. The molecule has 15 rings (SSSR count). The number of nitrogens with one attached hydrogen (secondary N) is 2. The van der Waals surface area contributed by atoms with Gasteiger partial charge in [-0.1, -0.05) is 27.7 Å². The van der Waals surface area contributed by atoms with Gasteiger partial charge in [-0.05, 0) is 124 Å². The maximum absolute atomic E-state index is 14.6. The van der Waals surface area contributed by atoms with Crippen molar-refractivity contribution >= 4 is 51.3 Å². The molecule has 91 heavy (non-hydrogen) atoms. The number of hydrogen-bond acceptors (Lipinski definition) is 13. The van der Waals surface area contributed by atoms with Crippen molar-refractivity contribution in [2.24, 2.45) is 43.8 Å². The molecule has 19 nitrogen and oxygen atoms in total. The quantitative estimate of drug-likeness (QED) is 0.132. The average molecular weight is 1240 g/mol. The number of benzene rings is 3. The Hall–Kier alpha value is -8.09. The van der Waals surface area contributed by atoms with Crippen LogP contribution in [0.25, 0.3) is 33.2 Å². The van der Waals surface area contributed by atoms with Crippen molar-refractivity contribution in [3.8, 4) is 34.1 Å². The van der Waals surface area contributed by atoms with E-state index in [1.165, 1.54) is 0 Å². The fraction of sp³-hybridized carbons (Fsp3) is 0.529. The summed E-state index contributed by atoms with van der Waals surface area (Å²) >= 11 is 0. The minimum Gasteiger partial charge on any atom is -0.493 e. The first-order chi connectivity index (χ1) is 43.9. The van der Waals surface area contributed by atoms with E-state index in [-0.39, 0.29) is 34.4 Å². The van der Waals surface area contributed by atoms with Crippen LogP contribution in [0.15, 0.2) is 72.0 Å². The Morgan fingerprint density at radius 2 is 1.47 bits per heavy atom. The van der Waals surface area contributed by atoms with E-state index in [1.54, 1.807) is 52.6 Å². The van der Waals surface area contributed by atoms with E-state index in [9.17, 15) is 28.4 Å². The highest BCUT2D eigenvalue weighted by atomic mass is 19.3. The molecule has 2 spiro atoms. The van der Waals surface area contributed by atoms with Crippen LogP contribution in [0.2, 0.25) is 0 Å². The van der Waals surface area contributed by atoms with E-state index in [0.29, 0.717) is 65.7 Å². The Morgan fingerprint density at radius 1 is 0.769 bits per heavy atom. The lowest BCUT2D eigenvalue weighted by Gasteiger charge is -2.61. The van der Waals surface area contributed by atoms with Crippen LogP contribution >= 0.6 is 0 Å². The number of nitrogens with zero attached hydrogens (tertiary/aromatic N) is 13. The van der Waals surface area contributed by atoms with E-state index in [0.717, 1.165) is 183 Å². The molecule has 0 radical (unpaired) electrons. The molecule has 10 heterocycles. The number of likely N-dealkylation sites (tertiary alicyclic amines) is 1. The van der Waals surface area contributed by atoms with E-state index in [2.05, 4.69) is 70.4 Å². The number of nitriles is 1. The molecule has 2 saturated carbocycles. The number of halogens is 2. The number of likely N-dealkylation sites (N-methyl/N-ethyl adjacent to an activating group) is 1. The number of pyridine rings is 1. The van der Waals surface area contributed by atoms with Crippen molar-refractivity contribution in [3.63, 3.8) is 0 Å². The van der Waals surface area contributed by atoms with E-state index in [4.69, 9.17) is 9.84 Å². The Balaban J connectivity index is 0.000000169. The molecule has 21 heteroatoms. The zero-order chi connectivity index (χ0) is 64.2. The van der Waals surface area contributed by atoms with Crippen LogP contribution in [0.4, 0.5) is 37.3 Å². The first-order valence-corrected chi connectivity index (χ1v) is 33.1. The summed E-state index contributed by atoms with van der Waals surface area (Å²) < 4.78 is 42.8. The van der Waals surface area contributed by atoms with Gasteiger partial charge in [0.25, 0.3) is 12.0 Å². The first kappa shape index (κ1) is 63.1. The molecule has 5 fully saturated rings. The topological polar surface area (TPSA) is 183 Å². The summed E-state index contributed by atoms with van der Waals surface area (Å²) in [5.74, 6) is 2.63. The molecule has 0 bridgehead atoms. The summed E-state index contributed by atoms with van der Waals surface area (Å²) in [6.07, 6.45) is 13.1. The standard InChI is InChI=1S/C35H42F2N8O2.C31H35N7O2.2C2H6/c1-21(46)42-7-5-29-28(16-42)32(44-6-3-4-22-8-26(24-14-39-41(2)15-24)27(31(36)37)9-30(22)44)40-45(29)25-12-35(13-25)19-43(20-35)33(47)23-10-34(11-23)17-38-18-34;1-20-11-26-27(37(4)31(20)39)13-24(40-19-21-5-7-33-8-6-21)14-28(26)38-10-9-35(2)29-15-25(22(16-32)12-30(29)38)23-17-34-36(3)18-23;2*1-2/h8-9,14-15,23,25,31,38H,3-7,10-13,16-20H2,1-2H3;11-15,17-18,21,33H,5-10,19H2,1-4H3;2*1-2H3. The lowest BCUT2D eigenvalue weighted by Crippen LogP contribution is -2.68. The van der Waals surface area contributed by atoms with Crippen molar-refractivity contribution in [1.82, 2.24) is 54.3 Å². The number of fused-ring (bicyclic) bond motifs is 4. The highest BCUT2D eigenvalue weighted by Gasteiger charge is 2.58.